The summed E-state index contributed by atoms with van der Waals surface area (Å²) in [4.78, 5) is 2.94. The highest BCUT2D eigenvalue weighted by atomic mass is 15.1. The molecule has 0 saturated carbocycles. The molecule has 3 nitrogen and oxygen atoms in total. The highest BCUT2D eigenvalue weighted by Gasteiger charge is 2.02. The van der Waals surface area contributed by atoms with Crippen molar-refractivity contribution >= 4 is 22.5 Å². The first-order chi connectivity index (χ1) is 10.9. The van der Waals surface area contributed by atoms with Gasteiger partial charge in [-0.1, -0.05) is 77.9 Å². The molecule has 0 atom stereocenters. The Morgan fingerprint density at radius 3 is 2.32 bits per heavy atom. The Morgan fingerprint density at radius 2 is 1.59 bits per heavy atom. The van der Waals surface area contributed by atoms with Gasteiger partial charge in [-0.3, -0.25) is 0 Å². The smallest absolute Gasteiger partial charge is 0.0416 e. The van der Waals surface area contributed by atoms with E-state index in [4.69, 9.17) is 5.53 Å². The highest BCUT2D eigenvalue weighted by molar-refractivity contribution is 5.86. The lowest BCUT2D eigenvalue weighted by molar-refractivity contribution is 1.26. The molecule has 3 aromatic carbocycles. The van der Waals surface area contributed by atoms with Gasteiger partial charge in [-0.15, -0.1) is 0 Å². The summed E-state index contributed by atoms with van der Waals surface area (Å²) < 4.78 is 0. The van der Waals surface area contributed by atoms with Gasteiger partial charge in [0.15, 0.2) is 0 Å². The van der Waals surface area contributed by atoms with E-state index in [-0.39, 0.29) is 0 Å². The Bertz CT molecular complexity index is 860. The summed E-state index contributed by atoms with van der Waals surface area (Å²) in [6.07, 6.45) is 4.90. The third-order valence-electron chi connectivity index (χ3n) is 3.55. The van der Waals surface area contributed by atoms with Crippen LogP contribution in [-0.2, 0) is 6.42 Å². The summed E-state index contributed by atoms with van der Waals surface area (Å²) in [6.45, 7) is 0. The summed E-state index contributed by atoms with van der Waals surface area (Å²) in [7, 11) is 0. The van der Waals surface area contributed by atoms with Crippen molar-refractivity contribution in [3.05, 3.63) is 94.4 Å². The Balaban J connectivity index is 1.93. The Morgan fingerprint density at radius 1 is 0.909 bits per heavy atom. The number of azide groups is 1. The van der Waals surface area contributed by atoms with E-state index in [0.29, 0.717) is 5.69 Å². The van der Waals surface area contributed by atoms with Crippen LogP contribution < -0.4 is 0 Å². The topological polar surface area (TPSA) is 48.8 Å². The van der Waals surface area contributed by atoms with Crippen molar-refractivity contribution in [3.8, 4) is 0 Å². The molecule has 0 aromatic heterocycles. The van der Waals surface area contributed by atoms with Crippen molar-refractivity contribution in [2.75, 3.05) is 0 Å². The fourth-order valence-corrected chi connectivity index (χ4v) is 2.47. The van der Waals surface area contributed by atoms with Crippen LogP contribution in [0.3, 0.4) is 0 Å². The van der Waals surface area contributed by atoms with Crippen LogP contribution in [-0.4, -0.2) is 0 Å². The number of hydrogen-bond acceptors (Lipinski definition) is 1. The molecule has 3 rings (SSSR count). The number of nitrogens with zero attached hydrogens (tertiary/aromatic N) is 3. The monoisotopic (exact) mass is 285 g/mol. The van der Waals surface area contributed by atoms with Gasteiger partial charge in [0, 0.05) is 10.6 Å². The molecule has 0 saturated heterocycles. The van der Waals surface area contributed by atoms with Gasteiger partial charge in [-0.2, -0.15) is 0 Å². The molecule has 0 fully saturated rings. The molecule has 0 N–H and O–H groups in total. The zero-order valence-electron chi connectivity index (χ0n) is 12.1. The summed E-state index contributed by atoms with van der Waals surface area (Å²) in [5.74, 6) is 0. The van der Waals surface area contributed by atoms with Crippen molar-refractivity contribution in [1.29, 1.82) is 0 Å². The second kappa shape index (κ2) is 6.61. The molecule has 0 bridgehead atoms. The van der Waals surface area contributed by atoms with Crippen molar-refractivity contribution in [2.24, 2.45) is 5.11 Å². The number of hydrogen-bond donors (Lipinski definition) is 0. The normalized spacial score (nSPS) is 10.7. The van der Waals surface area contributed by atoms with E-state index in [0.717, 1.165) is 28.3 Å². The van der Waals surface area contributed by atoms with Crippen molar-refractivity contribution in [1.82, 2.24) is 0 Å². The van der Waals surface area contributed by atoms with Gasteiger partial charge in [0.1, 0.15) is 0 Å². The average molecular weight is 285 g/mol. The maximum atomic E-state index is 8.76. The second-order valence-corrected chi connectivity index (χ2v) is 5.03. The minimum Gasteiger partial charge on any atom is -0.0795 e. The first-order valence-corrected chi connectivity index (χ1v) is 7.15. The summed E-state index contributed by atoms with van der Waals surface area (Å²) >= 11 is 0. The molecule has 0 radical (unpaired) electrons. The molecule has 0 aliphatic heterocycles. The van der Waals surface area contributed by atoms with E-state index in [1.165, 1.54) is 0 Å². The third kappa shape index (κ3) is 3.17. The zero-order chi connectivity index (χ0) is 15.2. The van der Waals surface area contributed by atoms with Crippen molar-refractivity contribution in [2.45, 2.75) is 6.42 Å². The maximum absolute atomic E-state index is 8.76. The quantitative estimate of drug-likeness (QED) is 0.319. The molecular weight excluding hydrogens is 270 g/mol. The number of fused-ring (bicyclic) bond motifs is 1. The Hall–Kier alpha value is -3.03. The Labute approximate surface area is 129 Å². The lowest BCUT2D eigenvalue weighted by Gasteiger charge is -2.06. The molecule has 0 amide bonds. The largest absolute Gasteiger partial charge is 0.0795 e. The first-order valence-electron chi connectivity index (χ1n) is 7.15. The van der Waals surface area contributed by atoms with Crippen LogP contribution in [0.1, 0.15) is 11.1 Å². The standard InChI is InChI=1S/C19H15N3/c20-22-21-19-14-17-11-5-4-10-16(17)13-18(19)12-6-9-15-7-2-1-3-8-15/h1-11,13-14H,12H2. The number of benzene rings is 3. The van der Waals surface area contributed by atoms with Crippen LogP contribution in [0.4, 0.5) is 5.69 Å². The summed E-state index contributed by atoms with van der Waals surface area (Å²) in [6, 6.07) is 22.3. The number of allylic oxidation sites excluding steroid dienone is 1. The van der Waals surface area contributed by atoms with Crippen LogP contribution in [0.25, 0.3) is 27.3 Å². The van der Waals surface area contributed by atoms with Crippen LogP contribution in [0.15, 0.2) is 77.9 Å². The predicted octanol–water partition coefficient (Wildman–Crippen LogP) is 6.04. The van der Waals surface area contributed by atoms with Gasteiger partial charge in [0.25, 0.3) is 0 Å². The molecule has 3 heteroatoms. The van der Waals surface area contributed by atoms with E-state index in [9.17, 15) is 0 Å². The number of rotatable bonds is 4. The van der Waals surface area contributed by atoms with Crippen molar-refractivity contribution < 1.29 is 0 Å². The fourth-order valence-electron chi connectivity index (χ4n) is 2.47. The van der Waals surface area contributed by atoms with E-state index in [1.807, 2.05) is 42.5 Å². The first kappa shape index (κ1) is 13.9. The molecule has 0 heterocycles. The minimum absolute atomic E-state index is 0.693. The van der Waals surface area contributed by atoms with Gasteiger partial charge in [-0.05, 0) is 39.9 Å². The third-order valence-corrected chi connectivity index (χ3v) is 3.55. The van der Waals surface area contributed by atoms with Gasteiger partial charge < -0.3 is 0 Å². The molecular formula is C19H15N3. The Kier molecular flexibility index (Phi) is 4.19. The van der Waals surface area contributed by atoms with Crippen LogP contribution in [0, 0.1) is 0 Å². The van der Waals surface area contributed by atoms with E-state index in [1.54, 1.807) is 0 Å². The lowest BCUT2D eigenvalue weighted by Crippen LogP contribution is -1.84. The average Bonchev–Trinajstić information content (AvgIpc) is 2.56. The highest BCUT2D eigenvalue weighted by Crippen LogP contribution is 2.27. The van der Waals surface area contributed by atoms with Crippen LogP contribution in [0.5, 0.6) is 0 Å². The minimum atomic E-state index is 0.693. The predicted molar refractivity (Wildman–Crippen MR) is 91.9 cm³/mol. The summed E-state index contributed by atoms with van der Waals surface area (Å²) in [5.41, 5.74) is 11.6. The molecule has 0 aliphatic rings. The molecule has 22 heavy (non-hydrogen) atoms. The van der Waals surface area contributed by atoms with Gasteiger partial charge in [-0.25, -0.2) is 0 Å². The van der Waals surface area contributed by atoms with Gasteiger partial charge in [0.2, 0.25) is 0 Å². The molecule has 0 spiro atoms. The lowest BCUT2D eigenvalue weighted by atomic mass is 10.0. The van der Waals surface area contributed by atoms with E-state index in [2.05, 4.69) is 46.4 Å². The van der Waals surface area contributed by atoms with Crippen molar-refractivity contribution in [3.63, 3.8) is 0 Å². The van der Waals surface area contributed by atoms with E-state index < -0.39 is 0 Å². The van der Waals surface area contributed by atoms with Crippen LogP contribution >= 0.6 is 0 Å². The summed E-state index contributed by atoms with van der Waals surface area (Å²) in [5, 5.41) is 6.07. The molecule has 3 aromatic rings. The van der Waals surface area contributed by atoms with Gasteiger partial charge in [0.05, 0.1) is 0 Å². The molecule has 0 aliphatic carbocycles. The fraction of sp³-hybridized carbons (Fsp3) is 0.0526. The van der Waals surface area contributed by atoms with Gasteiger partial charge >= 0.3 is 0 Å². The van der Waals surface area contributed by atoms with E-state index >= 15 is 0 Å². The maximum Gasteiger partial charge on any atom is 0.0416 e. The van der Waals surface area contributed by atoms with Crippen LogP contribution in [0.2, 0.25) is 0 Å². The zero-order valence-corrected chi connectivity index (χ0v) is 12.1. The second-order valence-electron chi connectivity index (χ2n) is 5.03. The molecule has 106 valence electrons. The molecule has 0 unspecified atom stereocenters. The SMILES string of the molecule is [N-]=[N+]=Nc1cc2ccccc2cc1CC=Cc1ccccc1.